The molecule has 1 unspecified atom stereocenters. The first-order valence-electron chi connectivity index (χ1n) is 7.49. The van der Waals surface area contributed by atoms with E-state index in [-0.39, 0.29) is 21.4 Å². The number of esters is 1. The summed E-state index contributed by atoms with van der Waals surface area (Å²) in [6, 6.07) is 3.71. The predicted molar refractivity (Wildman–Crippen MR) is 88.4 cm³/mol. The number of nitrogens with one attached hydrogen (secondary N) is 1. The third-order valence-corrected chi connectivity index (χ3v) is 5.53. The number of carbonyl (C=O) groups excluding carboxylic acids is 2. The highest BCUT2D eigenvalue weighted by molar-refractivity contribution is 7.89. The minimum atomic E-state index is -3.72. The maximum absolute atomic E-state index is 12.3. The molecule has 0 spiro atoms. The van der Waals surface area contributed by atoms with Crippen LogP contribution in [0.4, 0.5) is 0 Å². The number of likely N-dealkylation sites (tertiary alicyclic amines) is 1. The summed E-state index contributed by atoms with van der Waals surface area (Å²) < 4.78 is 31.0. The Balaban J connectivity index is 2.17. The second-order valence-electron chi connectivity index (χ2n) is 5.43. The number of hydrogen-bond acceptors (Lipinski definition) is 5. The number of carbonyl (C=O) groups is 2. The smallest absolute Gasteiger partial charge is 0.340 e. The molecule has 1 atom stereocenters. The molecule has 9 heteroatoms. The Bertz CT molecular complexity index is 744. The van der Waals surface area contributed by atoms with E-state index in [1.807, 2.05) is 0 Å². The quantitative estimate of drug-likeness (QED) is 0.787. The van der Waals surface area contributed by atoms with Crippen LogP contribution >= 0.6 is 11.6 Å². The van der Waals surface area contributed by atoms with Crippen molar-refractivity contribution in [3.8, 4) is 0 Å². The average molecular weight is 375 g/mol. The Morgan fingerprint density at radius 1 is 1.29 bits per heavy atom. The van der Waals surface area contributed by atoms with E-state index in [9.17, 15) is 18.0 Å². The molecule has 0 bridgehead atoms. The predicted octanol–water partition coefficient (Wildman–Crippen LogP) is 1.42. The molecule has 1 aliphatic rings. The molecule has 1 aliphatic heterocycles. The molecule has 0 radical (unpaired) electrons. The number of amides is 1. The lowest BCUT2D eigenvalue weighted by molar-refractivity contribution is -0.138. The standard InChI is InChI=1S/C15H19ClN2O5S/c1-10(14(19)18-7-3-4-8-18)23-15(20)12-9-11(5-6-13(12)16)24(21,22)17-2/h5-6,9-10,17H,3-4,7-8H2,1-2H3. The normalized spacial score (nSPS) is 16.0. The average Bonchev–Trinajstić information content (AvgIpc) is 3.08. The van der Waals surface area contributed by atoms with Crippen molar-refractivity contribution in [2.75, 3.05) is 20.1 Å². The van der Waals surface area contributed by atoms with Gasteiger partial charge >= 0.3 is 5.97 Å². The van der Waals surface area contributed by atoms with E-state index < -0.39 is 22.1 Å². The maximum atomic E-state index is 12.3. The summed E-state index contributed by atoms with van der Waals surface area (Å²) in [5.41, 5.74) is -0.103. The zero-order valence-corrected chi connectivity index (χ0v) is 15.0. The molecule has 132 valence electrons. The van der Waals surface area contributed by atoms with Gasteiger partial charge in [0.05, 0.1) is 15.5 Å². The first kappa shape index (κ1) is 18.7. The van der Waals surface area contributed by atoms with Crippen molar-refractivity contribution < 1.29 is 22.7 Å². The van der Waals surface area contributed by atoms with Gasteiger partial charge in [0.1, 0.15) is 0 Å². The number of benzene rings is 1. The minimum Gasteiger partial charge on any atom is -0.449 e. The van der Waals surface area contributed by atoms with E-state index in [4.69, 9.17) is 16.3 Å². The topological polar surface area (TPSA) is 92.8 Å². The second kappa shape index (κ2) is 7.50. The molecule has 0 saturated carbocycles. The lowest BCUT2D eigenvalue weighted by atomic mass is 10.2. The van der Waals surface area contributed by atoms with Gasteiger partial charge in [-0.3, -0.25) is 4.79 Å². The fraction of sp³-hybridized carbons (Fsp3) is 0.467. The number of nitrogens with zero attached hydrogens (tertiary/aromatic N) is 1. The van der Waals surface area contributed by atoms with Crippen molar-refractivity contribution in [3.05, 3.63) is 28.8 Å². The SMILES string of the molecule is CNS(=O)(=O)c1ccc(Cl)c(C(=O)OC(C)C(=O)N2CCCC2)c1. The van der Waals surface area contributed by atoms with E-state index in [2.05, 4.69) is 4.72 Å². The van der Waals surface area contributed by atoms with Gasteiger partial charge in [0.15, 0.2) is 6.10 Å². The molecule has 1 N–H and O–H groups in total. The van der Waals surface area contributed by atoms with Gasteiger partial charge < -0.3 is 9.64 Å². The second-order valence-corrected chi connectivity index (χ2v) is 7.72. The lowest BCUT2D eigenvalue weighted by Crippen LogP contribution is -2.38. The highest BCUT2D eigenvalue weighted by Crippen LogP contribution is 2.22. The van der Waals surface area contributed by atoms with Gasteiger partial charge in [-0.05, 0) is 45.0 Å². The van der Waals surface area contributed by atoms with Gasteiger partial charge in [-0.15, -0.1) is 0 Å². The van der Waals surface area contributed by atoms with Gasteiger partial charge in [0, 0.05) is 13.1 Å². The summed E-state index contributed by atoms with van der Waals surface area (Å²) in [6.45, 7) is 2.79. The van der Waals surface area contributed by atoms with Gasteiger partial charge in [0.2, 0.25) is 10.0 Å². The van der Waals surface area contributed by atoms with E-state index in [1.165, 1.54) is 26.1 Å². The number of ether oxygens (including phenoxy) is 1. The fourth-order valence-electron chi connectivity index (χ4n) is 2.41. The van der Waals surface area contributed by atoms with Crippen LogP contribution in [0.3, 0.4) is 0 Å². The molecule has 0 aromatic heterocycles. The van der Waals surface area contributed by atoms with Crippen molar-refractivity contribution in [2.24, 2.45) is 0 Å². The Hall–Kier alpha value is -1.64. The molecule has 0 aliphatic carbocycles. The summed E-state index contributed by atoms with van der Waals surface area (Å²) in [5.74, 6) is -1.11. The molecule has 1 saturated heterocycles. The van der Waals surface area contributed by atoms with Crippen molar-refractivity contribution in [3.63, 3.8) is 0 Å². The summed E-state index contributed by atoms with van der Waals surface area (Å²) in [4.78, 5) is 26.0. The van der Waals surface area contributed by atoms with Crippen LogP contribution in [0.5, 0.6) is 0 Å². The van der Waals surface area contributed by atoms with Gasteiger partial charge in [-0.25, -0.2) is 17.9 Å². The van der Waals surface area contributed by atoms with Crippen LogP contribution in [0, 0.1) is 0 Å². The number of hydrogen-bond donors (Lipinski definition) is 1. The van der Waals surface area contributed by atoms with Gasteiger partial charge in [-0.1, -0.05) is 11.6 Å². The maximum Gasteiger partial charge on any atom is 0.340 e. The van der Waals surface area contributed by atoms with E-state index >= 15 is 0 Å². The van der Waals surface area contributed by atoms with Crippen molar-refractivity contribution in [2.45, 2.75) is 30.8 Å². The molecule has 7 nitrogen and oxygen atoms in total. The van der Waals surface area contributed by atoms with Crippen LogP contribution in [0.2, 0.25) is 5.02 Å². The summed E-state index contributed by atoms with van der Waals surface area (Å²) >= 11 is 5.96. The summed E-state index contributed by atoms with van der Waals surface area (Å²) in [6.07, 6.45) is 0.904. The summed E-state index contributed by atoms with van der Waals surface area (Å²) in [7, 11) is -2.46. The van der Waals surface area contributed by atoms with Crippen LogP contribution in [0.1, 0.15) is 30.1 Å². The van der Waals surface area contributed by atoms with Crippen LogP contribution in [0.15, 0.2) is 23.1 Å². The number of rotatable bonds is 5. The van der Waals surface area contributed by atoms with Crippen LogP contribution < -0.4 is 4.72 Å². The zero-order valence-electron chi connectivity index (χ0n) is 13.4. The largest absolute Gasteiger partial charge is 0.449 e. The van der Waals surface area contributed by atoms with E-state index in [1.54, 1.807) is 4.90 Å². The zero-order chi connectivity index (χ0) is 17.9. The van der Waals surface area contributed by atoms with Crippen molar-refractivity contribution >= 4 is 33.5 Å². The molecule has 1 aromatic carbocycles. The van der Waals surface area contributed by atoms with Crippen LogP contribution in [-0.2, 0) is 19.6 Å². The third kappa shape index (κ3) is 4.06. The fourth-order valence-corrected chi connectivity index (χ4v) is 3.37. The molecule has 2 rings (SSSR count). The third-order valence-electron chi connectivity index (χ3n) is 3.79. The molecule has 24 heavy (non-hydrogen) atoms. The Morgan fingerprint density at radius 2 is 1.92 bits per heavy atom. The van der Waals surface area contributed by atoms with Crippen molar-refractivity contribution in [1.82, 2.24) is 9.62 Å². The lowest BCUT2D eigenvalue weighted by Gasteiger charge is -2.20. The molecule has 1 aromatic rings. The molecule has 1 amide bonds. The Morgan fingerprint density at radius 3 is 2.50 bits per heavy atom. The first-order chi connectivity index (χ1) is 11.3. The Labute approximate surface area is 146 Å². The Kier molecular flexibility index (Phi) is 5.84. The number of sulfonamides is 1. The van der Waals surface area contributed by atoms with Gasteiger partial charge in [-0.2, -0.15) is 0 Å². The van der Waals surface area contributed by atoms with Gasteiger partial charge in [0.25, 0.3) is 5.91 Å². The van der Waals surface area contributed by atoms with Crippen LogP contribution in [-0.4, -0.2) is 51.4 Å². The van der Waals surface area contributed by atoms with Crippen molar-refractivity contribution in [1.29, 1.82) is 0 Å². The minimum absolute atomic E-state index is 0.0517. The molecule has 1 fully saturated rings. The highest BCUT2D eigenvalue weighted by atomic mass is 35.5. The first-order valence-corrected chi connectivity index (χ1v) is 9.35. The highest BCUT2D eigenvalue weighted by Gasteiger charge is 2.27. The van der Waals surface area contributed by atoms with E-state index in [0.717, 1.165) is 18.9 Å². The molecular weight excluding hydrogens is 356 g/mol. The molecular formula is C15H19ClN2O5S. The monoisotopic (exact) mass is 374 g/mol. The van der Waals surface area contributed by atoms with Crippen LogP contribution in [0.25, 0.3) is 0 Å². The van der Waals surface area contributed by atoms with E-state index in [0.29, 0.717) is 13.1 Å². The summed E-state index contributed by atoms with van der Waals surface area (Å²) in [5, 5.41) is 0.0517. The molecule has 1 heterocycles. The number of halogens is 1.